The fourth-order valence-electron chi connectivity index (χ4n) is 0.836. The molecule has 2 nitrogen and oxygen atoms in total. The molecule has 1 aromatic rings. The predicted octanol–water partition coefficient (Wildman–Crippen LogP) is 3.94. The number of nitrogens with one attached hydrogen (secondary N) is 1. The standard InChI is InChI=1S/C10H15BrN2.CH4/c1-10(2,3)7-13-9-5-4-8(11)6-12-9;/h4-6H,7H2,1-3H3,(H,12,13);1H4. The summed E-state index contributed by atoms with van der Waals surface area (Å²) in [6.07, 6.45) is 1.80. The molecule has 0 unspecified atom stereocenters. The van der Waals surface area contributed by atoms with E-state index in [1.165, 1.54) is 0 Å². The van der Waals surface area contributed by atoms with Crippen LogP contribution in [0, 0.1) is 5.41 Å². The topological polar surface area (TPSA) is 24.9 Å². The third-order valence-corrected chi connectivity index (χ3v) is 2.00. The lowest BCUT2D eigenvalue weighted by molar-refractivity contribution is 0.442. The fourth-order valence-corrected chi connectivity index (χ4v) is 1.07. The minimum atomic E-state index is 0. The summed E-state index contributed by atoms with van der Waals surface area (Å²) in [4.78, 5) is 4.22. The Balaban J connectivity index is 0.00000169. The van der Waals surface area contributed by atoms with Crippen LogP contribution in [-0.4, -0.2) is 11.5 Å². The number of hydrogen-bond acceptors (Lipinski definition) is 2. The average molecular weight is 259 g/mol. The Kier molecular flexibility index (Phi) is 5.13. The second-order valence-corrected chi connectivity index (χ2v) is 5.19. The Morgan fingerprint density at radius 2 is 2.00 bits per heavy atom. The van der Waals surface area contributed by atoms with Gasteiger partial charge >= 0.3 is 0 Å². The molecule has 0 saturated heterocycles. The molecule has 3 heteroatoms. The Hall–Kier alpha value is -0.570. The van der Waals surface area contributed by atoms with Crippen molar-refractivity contribution in [2.45, 2.75) is 28.2 Å². The van der Waals surface area contributed by atoms with Crippen LogP contribution in [0.3, 0.4) is 0 Å². The van der Waals surface area contributed by atoms with E-state index in [1.54, 1.807) is 6.20 Å². The number of nitrogens with zero attached hydrogens (tertiary/aromatic N) is 1. The summed E-state index contributed by atoms with van der Waals surface area (Å²) in [5, 5.41) is 3.28. The van der Waals surface area contributed by atoms with E-state index in [2.05, 4.69) is 47.0 Å². The van der Waals surface area contributed by atoms with E-state index < -0.39 is 0 Å². The van der Waals surface area contributed by atoms with E-state index in [9.17, 15) is 0 Å². The van der Waals surface area contributed by atoms with Gasteiger partial charge in [-0.15, -0.1) is 0 Å². The molecule has 0 aromatic carbocycles. The van der Waals surface area contributed by atoms with E-state index in [1.807, 2.05) is 12.1 Å². The van der Waals surface area contributed by atoms with Gasteiger partial charge in [0.05, 0.1) is 0 Å². The zero-order valence-corrected chi connectivity index (χ0v) is 9.85. The van der Waals surface area contributed by atoms with Gasteiger partial charge in [-0.1, -0.05) is 28.2 Å². The summed E-state index contributed by atoms with van der Waals surface area (Å²) in [6.45, 7) is 7.51. The Morgan fingerprint density at radius 3 is 2.43 bits per heavy atom. The van der Waals surface area contributed by atoms with Crippen LogP contribution in [0.1, 0.15) is 28.2 Å². The first kappa shape index (κ1) is 13.4. The monoisotopic (exact) mass is 258 g/mol. The first-order valence-corrected chi connectivity index (χ1v) is 5.12. The smallest absolute Gasteiger partial charge is 0.125 e. The number of aromatic nitrogens is 1. The van der Waals surface area contributed by atoms with Crippen LogP contribution in [0.25, 0.3) is 0 Å². The molecule has 0 fully saturated rings. The number of rotatable bonds is 2. The van der Waals surface area contributed by atoms with Gasteiger partial charge in [0.15, 0.2) is 0 Å². The quantitative estimate of drug-likeness (QED) is 0.870. The largest absolute Gasteiger partial charge is 0.370 e. The molecule has 0 aliphatic carbocycles. The molecule has 0 atom stereocenters. The first-order chi connectivity index (χ1) is 5.97. The predicted molar refractivity (Wildman–Crippen MR) is 66.6 cm³/mol. The molecule has 0 amide bonds. The molecule has 1 rings (SSSR count). The first-order valence-electron chi connectivity index (χ1n) is 4.33. The Morgan fingerprint density at radius 1 is 1.36 bits per heavy atom. The van der Waals surface area contributed by atoms with Gasteiger partial charge in [0.25, 0.3) is 0 Å². The highest BCUT2D eigenvalue weighted by Gasteiger charge is 2.09. The zero-order valence-electron chi connectivity index (χ0n) is 8.26. The number of anilines is 1. The molecule has 0 radical (unpaired) electrons. The number of halogens is 1. The maximum Gasteiger partial charge on any atom is 0.125 e. The van der Waals surface area contributed by atoms with E-state index >= 15 is 0 Å². The van der Waals surface area contributed by atoms with Crippen LogP contribution < -0.4 is 5.32 Å². The highest BCUT2D eigenvalue weighted by molar-refractivity contribution is 9.10. The number of pyridine rings is 1. The SMILES string of the molecule is C.CC(C)(C)CNc1ccc(Br)cn1. The lowest BCUT2D eigenvalue weighted by Gasteiger charge is -2.18. The van der Waals surface area contributed by atoms with Crippen molar-refractivity contribution in [3.8, 4) is 0 Å². The van der Waals surface area contributed by atoms with Crippen LogP contribution in [0.4, 0.5) is 5.82 Å². The second kappa shape index (κ2) is 5.35. The van der Waals surface area contributed by atoms with Gasteiger partial charge in [-0.05, 0) is 33.5 Å². The highest BCUT2D eigenvalue weighted by atomic mass is 79.9. The summed E-state index contributed by atoms with van der Waals surface area (Å²) in [5.41, 5.74) is 0.286. The molecule has 14 heavy (non-hydrogen) atoms. The minimum Gasteiger partial charge on any atom is -0.370 e. The molecule has 0 aliphatic rings. The van der Waals surface area contributed by atoms with Crippen molar-refractivity contribution in [2.24, 2.45) is 5.41 Å². The molecular weight excluding hydrogens is 240 g/mol. The van der Waals surface area contributed by atoms with E-state index in [0.29, 0.717) is 0 Å². The van der Waals surface area contributed by atoms with Crippen molar-refractivity contribution in [1.29, 1.82) is 0 Å². The third-order valence-electron chi connectivity index (χ3n) is 1.53. The summed E-state index contributed by atoms with van der Waals surface area (Å²) in [6, 6.07) is 3.95. The fraction of sp³-hybridized carbons (Fsp3) is 0.545. The normalized spacial score (nSPS) is 10.6. The lowest BCUT2D eigenvalue weighted by Crippen LogP contribution is -2.19. The Labute approximate surface area is 95.3 Å². The molecule has 80 valence electrons. The van der Waals surface area contributed by atoms with E-state index in [4.69, 9.17) is 0 Å². The van der Waals surface area contributed by atoms with Crippen molar-refractivity contribution >= 4 is 21.7 Å². The molecule has 0 bridgehead atoms. The van der Waals surface area contributed by atoms with Crippen LogP contribution >= 0.6 is 15.9 Å². The molecule has 0 spiro atoms. The van der Waals surface area contributed by atoms with Crippen LogP contribution in [0.5, 0.6) is 0 Å². The van der Waals surface area contributed by atoms with Crippen molar-refractivity contribution in [1.82, 2.24) is 4.98 Å². The molecule has 0 saturated carbocycles. The van der Waals surface area contributed by atoms with Gasteiger partial charge in [0.1, 0.15) is 5.82 Å². The highest BCUT2D eigenvalue weighted by Crippen LogP contribution is 2.15. The zero-order chi connectivity index (χ0) is 9.90. The van der Waals surface area contributed by atoms with Gasteiger partial charge in [0.2, 0.25) is 0 Å². The summed E-state index contributed by atoms with van der Waals surface area (Å²) in [5.74, 6) is 0.929. The van der Waals surface area contributed by atoms with Crippen molar-refractivity contribution < 1.29 is 0 Å². The van der Waals surface area contributed by atoms with Gasteiger partial charge in [-0.25, -0.2) is 4.98 Å². The Bertz CT molecular complexity index is 262. The summed E-state index contributed by atoms with van der Waals surface area (Å²) >= 11 is 3.35. The van der Waals surface area contributed by atoms with Crippen LogP contribution in [0.2, 0.25) is 0 Å². The van der Waals surface area contributed by atoms with Crippen LogP contribution in [-0.2, 0) is 0 Å². The molecule has 1 N–H and O–H groups in total. The number of hydrogen-bond donors (Lipinski definition) is 1. The molecule has 1 aromatic heterocycles. The van der Waals surface area contributed by atoms with Crippen molar-refractivity contribution in [3.05, 3.63) is 22.8 Å². The van der Waals surface area contributed by atoms with Gasteiger partial charge in [0, 0.05) is 17.2 Å². The summed E-state index contributed by atoms with van der Waals surface area (Å²) < 4.78 is 1.01. The summed E-state index contributed by atoms with van der Waals surface area (Å²) in [7, 11) is 0. The van der Waals surface area contributed by atoms with Gasteiger partial charge < -0.3 is 5.32 Å². The lowest BCUT2D eigenvalue weighted by atomic mass is 9.97. The van der Waals surface area contributed by atoms with E-state index in [-0.39, 0.29) is 12.8 Å². The minimum absolute atomic E-state index is 0. The van der Waals surface area contributed by atoms with E-state index in [0.717, 1.165) is 16.8 Å². The van der Waals surface area contributed by atoms with Crippen molar-refractivity contribution in [2.75, 3.05) is 11.9 Å². The maximum atomic E-state index is 4.22. The van der Waals surface area contributed by atoms with Gasteiger partial charge in [-0.3, -0.25) is 0 Å². The second-order valence-electron chi connectivity index (χ2n) is 4.28. The average Bonchev–Trinajstić information content (AvgIpc) is 2.02. The maximum absolute atomic E-state index is 4.22. The van der Waals surface area contributed by atoms with Gasteiger partial charge in [-0.2, -0.15) is 0 Å². The molecule has 1 heterocycles. The molecule has 0 aliphatic heterocycles. The van der Waals surface area contributed by atoms with Crippen molar-refractivity contribution in [3.63, 3.8) is 0 Å². The molecular formula is C11H19BrN2. The van der Waals surface area contributed by atoms with Crippen LogP contribution in [0.15, 0.2) is 22.8 Å². The third kappa shape index (κ3) is 5.22.